The molecular formula is C17H25NO. The van der Waals surface area contributed by atoms with Crippen molar-refractivity contribution in [3.05, 3.63) is 34.4 Å². The van der Waals surface area contributed by atoms with Crippen molar-refractivity contribution in [2.24, 2.45) is 5.92 Å². The number of ketones is 1. The lowest BCUT2D eigenvalue weighted by Crippen LogP contribution is -2.30. The van der Waals surface area contributed by atoms with Crippen LogP contribution in [-0.4, -0.2) is 12.8 Å². The second-order valence-corrected chi connectivity index (χ2v) is 5.95. The lowest BCUT2D eigenvalue weighted by atomic mass is 9.78. The average molecular weight is 259 g/mol. The van der Waals surface area contributed by atoms with Gasteiger partial charge in [-0.2, -0.15) is 0 Å². The van der Waals surface area contributed by atoms with Crippen molar-refractivity contribution in [1.82, 2.24) is 5.32 Å². The minimum absolute atomic E-state index is 0.383. The average Bonchev–Trinajstić information content (AvgIpc) is 2.35. The zero-order valence-electron chi connectivity index (χ0n) is 12.5. The van der Waals surface area contributed by atoms with Crippen LogP contribution in [0.1, 0.15) is 54.0 Å². The molecule has 0 bridgehead atoms. The van der Waals surface area contributed by atoms with Gasteiger partial charge in [0.2, 0.25) is 0 Å². The fourth-order valence-corrected chi connectivity index (χ4v) is 3.59. The maximum atomic E-state index is 11.4. The summed E-state index contributed by atoms with van der Waals surface area (Å²) >= 11 is 0. The number of hydrogen-bond donors (Lipinski definition) is 1. The SMILES string of the molecule is CNC(c1c(C)cc(C)cc1C)C1CCC(=O)CC1. The van der Waals surface area contributed by atoms with Crippen LogP contribution in [0, 0.1) is 26.7 Å². The molecule has 1 atom stereocenters. The molecule has 0 radical (unpaired) electrons. The van der Waals surface area contributed by atoms with Crippen molar-refractivity contribution in [2.45, 2.75) is 52.5 Å². The highest BCUT2D eigenvalue weighted by Crippen LogP contribution is 2.36. The molecule has 2 heteroatoms. The van der Waals surface area contributed by atoms with Crippen LogP contribution in [0.4, 0.5) is 0 Å². The number of rotatable bonds is 3. The Balaban J connectivity index is 2.29. The van der Waals surface area contributed by atoms with Gasteiger partial charge in [0.05, 0.1) is 0 Å². The Kier molecular flexibility index (Phi) is 4.41. The summed E-state index contributed by atoms with van der Waals surface area (Å²) in [5, 5.41) is 3.49. The number of Topliss-reactive ketones (excluding diaryl/α,β-unsaturated/α-hetero) is 1. The fraction of sp³-hybridized carbons (Fsp3) is 0.588. The number of aryl methyl sites for hydroxylation is 3. The van der Waals surface area contributed by atoms with Gasteiger partial charge in [-0.05, 0) is 63.3 Å². The van der Waals surface area contributed by atoms with Crippen molar-refractivity contribution in [3.63, 3.8) is 0 Å². The van der Waals surface area contributed by atoms with Gasteiger partial charge in [0.25, 0.3) is 0 Å². The van der Waals surface area contributed by atoms with Gasteiger partial charge >= 0.3 is 0 Å². The molecule has 1 N–H and O–H groups in total. The van der Waals surface area contributed by atoms with Gasteiger partial charge in [-0.15, -0.1) is 0 Å². The molecule has 0 aromatic heterocycles. The molecule has 1 aromatic rings. The van der Waals surface area contributed by atoms with Crippen molar-refractivity contribution < 1.29 is 4.79 Å². The Hall–Kier alpha value is -1.15. The number of carbonyl (C=O) groups is 1. The number of nitrogens with one attached hydrogen (secondary N) is 1. The zero-order valence-corrected chi connectivity index (χ0v) is 12.5. The van der Waals surface area contributed by atoms with E-state index < -0.39 is 0 Å². The van der Waals surface area contributed by atoms with E-state index in [-0.39, 0.29) is 0 Å². The summed E-state index contributed by atoms with van der Waals surface area (Å²) in [6.45, 7) is 6.55. The van der Waals surface area contributed by atoms with Crippen molar-refractivity contribution in [2.75, 3.05) is 7.05 Å². The molecule has 0 spiro atoms. The molecule has 2 rings (SSSR count). The molecule has 2 nitrogen and oxygen atoms in total. The first-order chi connectivity index (χ1) is 9.02. The Bertz CT molecular complexity index is 445. The summed E-state index contributed by atoms with van der Waals surface area (Å²) in [6.07, 6.45) is 3.56. The van der Waals surface area contributed by atoms with Gasteiger partial charge in [0.1, 0.15) is 5.78 Å². The Morgan fingerprint density at radius 1 is 1.11 bits per heavy atom. The minimum Gasteiger partial charge on any atom is -0.313 e. The van der Waals surface area contributed by atoms with E-state index in [0.29, 0.717) is 17.7 Å². The summed E-state index contributed by atoms with van der Waals surface area (Å²) in [7, 11) is 2.04. The minimum atomic E-state index is 0.383. The molecule has 0 saturated heterocycles. The highest BCUT2D eigenvalue weighted by atomic mass is 16.1. The third-order valence-corrected chi connectivity index (χ3v) is 4.42. The monoisotopic (exact) mass is 259 g/mol. The molecule has 1 saturated carbocycles. The van der Waals surface area contributed by atoms with E-state index in [1.807, 2.05) is 7.05 Å². The summed E-state index contributed by atoms with van der Waals surface area (Å²) < 4.78 is 0. The summed E-state index contributed by atoms with van der Waals surface area (Å²) in [5.41, 5.74) is 5.50. The van der Waals surface area contributed by atoms with Crippen molar-refractivity contribution >= 4 is 5.78 Å². The van der Waals surface area contributed by atoms with Gasteiger partial charge in [0.15, 0.2) is 0 Å². The van der Waals surface area contributed by atoms with Gasteiger partial charge in [-0.25, -0.2) is 0 Å². The third-order valence-electron chi connectivity index (χ3n) is 4.42. The summed E-state index contributed by atoms with van der Waals surface area (Å²) in [5.74, 6) is 1.02. The first-order valence-corrected chi connectivity index (χ1v) is 7.29. The lowest BCUT2D eigenvalue weighted by Gasteiger charge is -2.32. The predicted octanol–water partition coefficient (Wildman–Crippen LogP) is 3.63. The normalized spacial score (nSPS) is 18.6. The van der Waals surface area contributed by atoms with Crippen LogP contribution in [0.25, 0.3) is 0 Å². The van der Waals surface area contributed by atoms with E-state index in [0.717, 1.165) is 25.7 Å². The molecule has 0 aliphatic heterocycles. The zero-order chi connectivity index (χ0) is 14.0. The Morgan fingerprint density at radius 2 is 1.63 bits per heavy atom. The summed E-state index contributed by atoms with van der Waals surface area (Å²) in [4.78, 5) is 11.4. The molecule has 1 aromatic carbocycles. The molecule has 1 aliphatic carbocycles. The maximum absolute atomic E-state index is 11.4. The first-order valence-electron chi connectivity index (χ1n) is 7.29. The Morgan fingerprint density at radius 3 is 2.11 bits per heavy atom. The molecule has 19 heavy (non-hydrogen) atoms. The van der Waals surface area contributed by atoms with E-state index in [4.69, 9.17) is 0 Å². The molecule has 0 amide bonds. The van der Waals surface area contributed by atoms with Crippen LogP contribution in [-0.2, 0) is 4.79 Å². The molecule has 1 unspecified atom stereocenters. The maximum Gasteiger partial charge on any atom is 0.132 e. The number of benzene rings is 1. The topological polar surface area (TPSA) is 29.1 Å². The quantitative estimate of drug-likeness (QED) is 0.898. The van der Waals surface area contributed by atoms with Crippen LogP contribution in [0.2, 0.25) is 0 Å². The van der Waals surface area contributed by atoms with Gasteiger partial charge in [0, 0.05) is 18.9 Å². The smallest absolute Gasteiger partial charge is 0.132 e. The number of carbonyl (C=O) groups excluding carboxylic acids is 1. The van der Waals surface area contributed by atoms with Gasteiger partial charge in [-0.3, -0.25) is 4.79 Å². The van der Waals surface area contributed by atoms with Crippen LogP contribution in [0.15, 0.2) is 12.1 Å². The summed E-state index contributed by atoms with van der Waals surface area (Å²) in [6, 6.07) is 4.91. The highest BCUT2D eigenvalue weighted by molar-refractivity contribution is 5.79. The second-order valence-electron chi connectivity index (χ2n) is 5.95. The van der Waals surface area contributed by atoms with E-state index in [2.05, 4.69) is 38.2 Å². The molecular weight excluding hydrogens is 234 g/mol. The first kappa shape index (κ1) is 14.3. The standard InChI is InChI=1S/C17H25NO/c1-11-9-12(2)16(13(3)10-11)17(18-4)14-5-7-15(19)8-6-14/h9-10,14,17-18H,5-8H2,1-4H3. The molecule has 0 heterocycles. The van der Waals surface area contributed by atoms with Crippen molar-refractivity contribution in [1.29, 1.82) is 0 Å². The van der Waals surface area contributed by atoms with Crippen LogP contribution >= 0.6 is 0 Å². The molecule has 1 fully saturated rings. The fourth-order valence-electron chi connectivity index (χ4n) is 3.59. The highest BCUT2D eigenvalue weighted by Gasteiger charge is 2.28. The van der Waals surface area contributed by atoms with Crippen LogP contribution in [0.3, 0.4) is 0 Å². The molecule has 104 valence electrons. The predicted molar refractivity (Wildman–Crippen MR) is 79.4 cm³/mol. The van der Waals surface area contributed by atoms with Crippen LogP contribution < -0.4 is 5.32 Å². The second kappa shape index (κ2) is 5.87. The largest absolute Gasteiger partial charge is 0.313 e. The van der Waals surface area contributed by atoms with Gasteiger partial charge in [-0.1, -0.05) is 17.7 Å². The number of hydrogen-bond acceptors (Lipinski definition) is 2. The van der Waals surface area contributed by atoms with E-state index in [9.17, 15) is 4.79 Å². The van der Waals surface area contributed by atoms with E-state index in [1.54, 1.807) is 0 Å². The molecule has 1 aliphatic rings. The van der Waals surface area contributed by atoms with Crippen molar-refractivity contribution in [3.8, 4) is 0 Å². The van der Waals surface area contributed by atoms with Gasteiger partial charge < -0.3 is 5.32 Å². The van der Waals surface area contributed by atoms with E-state index in [1.165, 1.54) is 22.3 Å². The lowest BCUT2D eigenvalue weighted by molar-refractivity contribution is -0.121. The third kappa shape index (κ3) is 3.06. The van der Waals surface area contributed by atoms with E-state index >= 15 is 0 Å². The van der Waals surface area contributed by atoms with Crippen LogP contribution in [0.5, 0.6) is 0 Å². The Labute approximate surface area is 116 Å².